The number of nitrogens with one attached hydrogen (secondary N) is 1. The van der Waals surface area contributed by atoms with Crippen LogP contribution in [0.1, 0.15) is 48.2 Å². The fraction of sp³-hybridized carbons (Fsp3) is 0.300. The van der Waals surface area contributed by atoms with Crippen LogP contribution in [0.15, 0.2) is 39.7 Å². The molecule has 0 aromatic carbocycles. The molecule has 0 aliphatic carbocycles. The maximum Gasteiger partial charge on any atom is 0.258 e. The molecule has 3 aromatic rings. The highest BCUT2D eigenvalue weighted by atomic mass is 32.1. The van der Waals surface area contributed by atoms with Crippen LogP contribution >= 0.6 is 11.3 Å². The Labute approximate surface area is 160 Å². The van der Waals surface area contributed by atoms with Gasteiger partial charge in [-0.15, -0.1) is 11.3 Å². The third-order valence-corrected chi connectivity index (χ3v) is 5.80. The summed E-state index contributed by atoms with van der Waals surface area (Å²) >= 11 is 1.51. The van der Waals surface area contributed by atoms with Crippen LogP contribution in [0.2, 0.25) is 0 Å². The molecule has 0 radical (unpaired) electrons. The van der Waals surface area contributed by atoms with E-state index in [2.05, 4.69) is 15.1 Å². The molecule has 0 saturated heterocycles. The van der Waals surface area contributed by atoms with Gasteiger partial charge < -0.3 is 4.98 Å². The topological polar surface area (TPSA) is 78.4 Å². The maximum absolute atomic E-state index is 12.7. The van der Waals surface area contributed by atoms with Crippen LogP contribution in [0.4, 0.5) is 0 Å². The van der Waals surface area contributed by atoms with Crippen LogP contribution in [0.3, 0.4) is 0 Å². The highest BCUT2D eigenvalue weighted by molar-refractivity contribution is 7.16. The summed E-state index contributed by atoms with van der Waals surface area (Å²) in [5.41, 5.74) is 3.80. The van der Waals surface area contributed by atoms with E-state index in [-0.39, 0.29) is 17.5 Å². The molecule has 1 atom stereocenters. The van der Waals surface area contributed by atoms with E-state index in [1.54, 1.807) is 6.20 Å². The Kier molecular flexibility index (Phi) is 4.39. The Morgan fingerprint density at radius 2 is 2.15 bits per heavy atom. The summed E-state index contributed by atoms with van der Waals surface area (Å²) in [6.45, 7) is 5.68. The number of fused-ring (bicyclic) bond motifs is 1. The van der Waals surface area contributed by atoms with Crippen molar-refractivity contribution in [1.82, 2.24) is 15.0 Å². The summed E-state index contributed by atoms with van der Waals surface area (Å²) in [6, 6.07) is 5.66. The van der Waals surface area contributed by atoms with Crippen molar-refractivity contribution in [3.63, 3.8) is 0 Å². The first-order valence-electron chi connectivity index (χ1n) is 8.92. The van der Waals surface area contributed by atoms with Gasteiger partial charge in [0.2, 0.25) is 5.91 Å². The predicted molar refractivity (Wildman–Crippen MR) is 107 cm³/mol. The number of carbonyl (C=O) groups is 1. The Morgan fingerprint density at radius 1 is 1.33 bits per heavy atom. The molecule has 4 heterocycles. The molecule has 7 heteroatoms. The zero-order chi connectivity index (χ0) is 19.1. The first-order chi connectivity index (χ1) is 13.0. The van der Waals surface area contributed by atoms with E-state index < -0.39 is 0 Å². The summed E-state index contributed by atoms with van der Waals surface area (Å²) in [6.07, 6.45) is 2.63. The molecule has 1 N–H and O–H groups in total. The summed E-state index contributed by atoms with van der Waals surface area (Å²) in [7, 11) is 0. The zero-order valence-electron chi connectivity index (χ0n) is 15.4. The SMILES string of the molecule is CCC(=O)N1N=C(c2c(C)c3ccsc3[nH]c2=O)CC1c1ccc(C)nc1. The molecule has 1 aliphatic rings. The Balaban J connectivity index is 1.81. The monoisotopic (exact) mass is 380 g/mol. The number of thiophene rings is 1. The van der Waals surface area contributed by atoms with Gasteiger partial charge in [-0.2, -0.15) is 5.10 Å². The molecule has 1 aliphatic heterocycles. The lowest BCUT2D eigenvalue weighted by Gasteiger charge is -2.21. The minimum atomic E-state index is -0.238. The highest BCUT2D eigenvalue weighted by Crippen LogP contribution is 2.34. The first kappa shape index (κ1) is 17.6. The molecule has 27 heavy (non-hydrogen) atoms. The van der Waals surface area contributed by atoms with Crippen molar-refractivity contribution in [3.8, 4) is 0 Å². The molecule has 0 saturated carbocycles. The molecule has 1 unspecified atom stereocenters. The number of aromatic amines is 1. The van der Waals surface area contributed by atoms with Gasteiger partial charge in [0.1, 0.15) is 4.83 Å². The van der Waals surface area contributed by atoms with E-state index in [0.29, 0.717) is 24.1 Å². The average molecular weight is 380 g/mol. The van der Waals surface area contributed by atoms with Crippen molar-refractivity contribution in [3.05, 3.63) is 62.5 Å². The van der Waals surface area contributed by atoms with Crippen molar-refractivity contribution in [2.75, 3.05) is 0 Å². The van der Waals surface area contributed by atoms with E-state index in [1.165, 1.54) is 16.3 Å². The molecule has 0 spiro atoms. The first-order valence-corrected chi connectivity index (χ1v) is 9.80. The second-order valence-corrected chi connectivity index (χ2v) is 7.63. The Morgan fingerprint density at radius 3 is 2.85 bits per heavy atom. The molecular weight excluding hydrogens is 360 g/mol. The van der Waals surface area contributed by atoms with Gasteiger partial charge in [-0.25, -0.2) is 5.01 Å². The predicted octanol–water partition coefficient (Wildman–Crippen LogP) is 3.69. The molecule has 6 nitrogen and oxygen atoms in total. The summed E-state index contributed by atoms with van der Waals surface area (Å²) < 4.78 is 0. The fourth-order valence-electron chi connectivity index (χ4n) is 3.51. The van der Waals surface area contributed by atoms with Gasteiger partial charge in [0.25, 0.3) is 5.56 Å². The van der Waals surface area contributed by atoms with Crippen molar-refractivity contribution >= 4 is 33.2 Å². The van der Waals surface area contributed by atoms with Gasteiger partial charge in [-0.3, -0.25) is 14.6 Å². The van der Waals surface area contributed by atoms with Crippen LogP contribution in [-0.2, 0) is 4.79 Å². The number of carbonyl (C=O) groups excluding carboxylic acids is 1. The second kappa shape index (κ2) is 6.74. The zero-order valence-corrected chi connectivity index (χ0v) is 16.3. The fourth-order valence-corrected chi connectivity index (χ4v) is 4.35. The minimum absolute atomic E-state index is 0.0683. The third-order valence-electron chi connectivity index (χ3n) is 4.97. The maximum atomic E-state index is 12.7. The van der Waals surface area contributed by atoms with E-state index in [0.717, 1.165) is 27.0 Å². The number of hydrazone groups is 1. The summed E-state index contributed by atoms with van der Waals surface area (Å²) in [5, 5.41) is 9.07. The molecule has 4 rings (SSSR count). The van der Waals surface area contributed by atoms with Crippen molar-refractivity contribution in [2.24, 2.45) is 5.10 Å². The number of amides is 1. The van der Waals surface area contributed by atoms with Crippen molar-refractivity contribution < 1.29 is 4.79 Å². The van der Waals surface area contributed by atoms with Crippen LogP contribution in [-0.4, -0.2) is 26.6 Å². The lowest BCUT2D eigenvalue weighted by molar-refractivity contribution is -0.132. The number of nitrogens with zero attached hydrogens (tertiary/aromatic N) is 3. The van der Waals surface area contributed by atoms with Crippen molar-refractivity contribution in [2.45, 2.75) is 39.7 Å². The quantitative estimate of drug-likeness (QED) is 0.753. The lowest BCUT2D eigenvalue weighted by atomic mass is 9.96. The Bertz CT molecular complexity index is 1110. The molecule has 0 fully saturated rings. The molecule has 1 amide bonds. The van der Waals surface area contributed by atoms with Gasteiger partial charge in [-0.05, 0) is 42.5 Å². The normalized spacial score (nSPS) is 16.8. The van der Waals surface area contributed by atoms with Gasteiger partial charge in [-0.1, -0.05) is 13.0 Å². The molecular formula is C20H20N4O2S. The van der Waals surface area contributed by atoms with Crippen LogP contribution in [0.25, 0.3) is 10.2 Å². The van der Waals surface area contributed by atoms with E-state index in [4.69, 9.17) is 0 Å². The average Bonchev–Trinajstić information content (AvgIpc) is 3.29. The minimum Gasteiger partial charge on any atom is -0.313 e. The Hall–Kier alpha value is -2.80. The van der Waals surface area contributed by atoms with E-state index in [1.807, 2.05) is 44.4 Å². The van der Waals surface area contributed by atoms with Gasteiger partial charge in [0, 0.05) is 30.1 Å². The van der Waals surface area contributed by atoms with Gasteiger partial charge in [0.15, 0.2) is 0 Å². The van der Waals surface area contributed by atoms with Gasteiger partial charge >= 0.3 is 0 Å². The third kappa shape index (κ3) is 2.98. The molecule has 0 bridgehead atoms. The second-order valence-electron chi connectivity index (χ2n) is 6.71. The number of rotatable bonds is 3. The van der Waals surface area contributed by atoms with Crippen LogP contribution in [0.5, 0.6) is 0 Å². The smallest absolute Gasteiger partial charge is 0.258 e. The van der Waals surface area contributed by atoms with Gasteiger partial charge in [0.05, 0.1) is 17.3 Å². The standard InChI is InChI=1S/C20H20N4O2S/c1-4-17(25)24-16(13-6-5-11(2)21-10-13)9-15(23-24)18-12(3)14-7-8-27-20(14)22-19(18)26/h5-8,10,16H,4,9H2,1-3H3,(H,22,26). The number of H-pyrrole nitrogens is 1. The summed E-state index contributed by atoms with van der Waals surface area (Å²) in [4.78, 5) is 33.4. The number of aromatic nitrogens is 2. The number of hydrogen-bond acceptors (Lipinski definition) is 5. The van der Waals surface area contributed by atoms with E-state index >= 15 is 0 Å². The van der Waals surface area contributed by atoms with Crippen molar-refractivity contribution in [1.29, 1.82) is 0 Å². The van der Waals surface area contributed by atoms with E-state index in [9.17, 15) is 9.59 Å². The van der Waals surface area contributed by atoms with Crippen LogP contribution < -0.4 is 5.56 Å². The largest absolute Gasteiger partial charge is 0.313 e. The number of pyridine rings is 2. The summed E-state index contributed by atoms with van der Waals surface area (Å²) in [5.74, 6) is -0.0683. The number of hydrogen-bond donors (Lipinski definition) is 1. The highest BCUT2D eigenvalue weighted by Gasteiger charge is 2.34. The molecule has 138 valence electrons. The van der Waals surface area contributed by atoms with Crippen LogP contribution in [0, 0.1) is 13.8 Å². The molecule has 3 aromatic heterocycles. The number of aryl methyl sites for hydroxylation is 2. The lowest BCUT2D eigenvalue weighted by Crippen LogP contribution is -2.26.